The molecule has 1 heterocycles. The number of nitrogens with one attached hydrogen (secondary N) is 1. The summed E-state index contributed by atoms with van der Waals surface area (Å²) in [4.78, 5) is 38.4. The summed E-state index contributed by atoms with van der Waals surface area (Å²) in [7, 11) is 1.43. The SMILES string of the molecule is CO/C(=C/C(=O)N1C(=O)C[C@H](O)[C@H]1Cc1ccc(O)cc1)CCNC(=O)CCCCC(C)(C)C. The molecule has 1 aliphatic rings. The zero-order valence-corrected chi connectivity index (χ0v) is 20.7. The molecule has 0 spiro atoms. The van der Waals surface area contributed by atoms with E-state index in [4.69, 9.17) is 4.74 Å². The molecule has 1 aromatic carbocycles. The molecule has 8 heteroatoms. The van der Waals surface area contributed by atoms with E-state index in [0.29, 0.717) is 25.1 Å². The number of hydrogen-bond acceptors (Lipinski definition) is 6. The van der Waals surface area contributed by atoms with Gasteiger partial charge in [-0.25, -0.2) is 0 Å². The van der Waals surface area contributed by atoms with Crippen LogP contribution in [0.2, 0.25) is 0 Å². The van der Waals surface area contributed by atoms with Gasteiger partial charge in [-0.3, -0.25) is 19.3 Å². The Morgan fingerprint density at radius 1 is 1.18 bits per heavy atom. The predicted octanol–water partition coefficient (Wildman–Crippen LogP) is 3.07. The van der Waals surface area contributed by atoms with Gasteiger partial charge in [0.2, 0.25) is 11.8 Å². The van der Waals surface area contributed by atoms with Gasteiger partial charge in [-0.1, -0.05) is 39.3 Å². The second-order valence-electron chi connectivity index (χ2n) is 9.99. The Morgan fingerprint density at radius 2 is 1.85 bits per heavy atom. The highest BCUT2D eigenvalue weighted by molar-refractivity contribution is 6.03. The van der Waals surface area contributed by atoms with Crippen LogP contribution in [0.1, 0.15) is 64.9 Å². The summed E-state index contributed by atoms with van der Waals surface area (Å²) in [6, 6.07) is 5.72. The van der Waals surface area contributed by atoms with Crippen molar-refractivity contribution in [2.24, 2.45) is 5.41 Å². The molecule has 0 saturated carbocycles. The number of methoxy groups -OCH3 is 1. The highest BCUT2D eigenvalue weighted by Crippen LogP contribution is 2.25. The van der Waals surface area contributed by atoms with Gasteiger partial charge in [0.1, 0.15) is 11.5 Å². The molecule has 2 atom stereocenters. The lowest BCUT2D eigenvalue weighted by molar-refractivity contribution is -0.141. The van der Waals surface area contributed by atoms with Crippen LogP contribution in [0.3, 0.4) is 0 Å². The monoisotopic (exact) mass is 474 g/mol. The van der Waals surface area contributed by atoms with Crippen molar-refractivity contribution in [2.75, 3.05) is 13.7 Å². The smallest absolute Gasteiger partial charge is 0.256 e. The number of phenolic OH excluding ortho intramolecular Hbond substituents is 1. The third-order valence-electron chi connectivity index (χ3n) is 5.87. The van der Waals surface area contributed by atoms with E-state index < -0.39 is 24.0 Å². The zero-order valence-electron chi connectivity index (χ0n) is 20.7. The van der Waals surface area contributed by atoms with Crippen molar-refractivity contribution in [2.45, 2.75) is 77.9 Å². The van der Waals surface area contributed by atoms with E-state index in [1.165, 1.54) is 25.3 Å². The number of ether oxygens (including phenoxy) is 1. The van der Waals surface area contributed by atoms with Crippen LogP contribution in [-0.4, -0.2) is 58.6 Å². The summed E-state index contributed by atoms with van der Waals surface area (Å²) < 4.78 is 5.29. The Labute approximate surface area is 202 Å². The van der Waals surface area contributed by atoms with Gasteiger partial charge < -0.3 is 20.3 Å². The fraction of sp³-hybridized carbons (Fsp3) is 0.577. The number of imide groups is 1. The Kier molecular flexibility index (Phi) is 10.1. The Bertz CT molecular complexity index is 872. The number of benzene rings is 1. The topological polar surface area (TPSA) is 116 Å². The number of carbonyl (C=O) groups is 3. The van der Waals surface area contributed by atoms with Gasteiger partial charge in [-0.15, -0.1) is 0 Å². The molecule has 3 N–H and O–H groups in total. The standard InChI is InChI=1S/C26H38N2O6/c1-26(2,3)13-6-5-7-23(31)27-14-12-20(34-4)16-24(32)28-21(22(30)17-25(28)33)15-18-8-10-19(29)11-9-18/h8-11,16,21-22,29-30H,5-7,12-15,17H2,1-4H3,(H,27,31)/b20-16+/t21-,22+/m1/s1. The summed E-state index contributed by atoms with van der Waals surface area (Å²) in [6.45, 7) is 6.86. The van der Waals surface area contributed by atoms with Crippen LogP contribution in [0.25, 0.3) is 0 Å². The number of aliphatic hydroxyl groups is 1. The number of aliphatic hydroxyl groups excluding tert-OH is 1. The van der Waals surface area contributed by atoms with E-state index in [1.807, 2.05) is 0 Å². The minimum Gasteiger partial charge on any atom is -0.508 e. The minimum absolute atomic E-state index is 0.0394. The van der Waals surface area contributed by atoms with Gasteiger partial charge in [-0.2, -0.15) is 0 Å². The number of aromatic hydroxyl groups is 1. The van der Waals surface area contributed by atoms with Crippen LogP contribution in [0.15, 0.2) is 36.1 Å². The minimum atomic E-state index is -0.970. The number of nitrogens with zero attached hydrogens (tertiary/aromatic N) is 1. The Balaban J connectivity index is 1.89. The average Bonchev–Trinajstić information content (AvgIpc) is 3.04. The van der Waals surface area contributed by atoms with Crippen molar-refractivity contribution in [1.29, 1.82) is 0 Å². The number of likely N-dealkylation sites (tertiary alicyclic amines) is 1. The van der Waals surface area contributed by atoms with E-state index in [1.54, 1.807) is 12.1 Å². The third kappa shape index (κ3) is 8.82. The highest BCUT2D eigenvalue weighted by Gasteiger charge is 2.41. The highest BCUT2D eigenvalue weighted by atomic mass is 16.5. The molecule has 0 radical (unpaired) electrons. The van der Waals surface area contributed by atoms with Gasteiger partial charge in [0.25, 0.3) is 5.91 Å². The third-order valence-corrected chi connectivity index (χ3v) is 5.87. The fourth-order valence-corrected chi connectivity index (χ4v) is 3.95. The molecule has 1 saturated heterocycles. The summed E-state index contributed by atoms with van der Waals surface area (Å²) in [5, 5.41) is 22.6. The molecule has 34 heavy (non-hydrogen) atoms. The van der Waals surface area contributed by atoms with E-state index in [9.17, 15) is 24.6 Å². The van der Waals surface area contributed by atoms with Crippen LogP contribution in [0, 0.1) is 5.41 Å². The van der Waals surface area contributed by atoms with Gasteiger partial charge in [0.15, 0.2) is 0 Å². The maximum atomic E-state index is 12.9. The lowest BCUT2D eigenvalue weighted by Gasteiger charge is -2.24. The van der Waals surface area contributed by atoms with Crippen LogP contribution in [-0.2, 0) is 25.5 Å². The van der Waals surface area contributed by atoms with Crippen LogP contribution in [0.5, 0.6) is 5.75 Å². The van der Waals surface area contributed by atoms with Gasteiger partial charge in [0, 0.05) is 25.5 Å². The molecular weight excluding hydrogens is 436 g/mol. The molecule has 3 amide bonds. The van der Waals surface area contributed by atoms with Crippen LogP contribution in [0.4, 0.5) is 0 Å². The first-order valence-electron chi connectivity index (χ1n) is 11.8. The van der Waals surface area contributed by atoms with Gasteiger partial charge >= 0.3 is 0 Å². The first-order valence-corrected chi connectivity index (χ1v) is 11.8. The Morgan fingerprint density at radius 3 is 2.47 bits per heavy atom. The van der Waals surface area contributed by atoms with Crippen molar-refractivity contribution < 1.29 is 29.3 Å². The first-order chi connectivity index (χ1) is 16.0. The molecule has 0 unspecified atom stereocenters. The molecule has 1 aliphatic heterocycles. The maximum absolute atomic E-state index is 12.9. The quantitative estimate of drug-likeness (QED) is 0.258. The number of phenols is 1. The average molecular weight is 475 g/mol. The number of unbranched alkanes of at least 4 members (excludes halogenated alkanes) is 1. The van der Waals surface area contributed by atoms with Gasteiger partial charge in [-0.05, 0) is 42.4 Å². The van der Waals surface area contributed by atoms with Crippen molar-refractivity contribution in [3.05, 3.63) is 41.7 Å². The summed E-state index contributed by atoms with van der Waals surface area (Å²) in [5.74, 6) is -0.588. The van der Waals surface area contributed by atoms with Crippen molar-refractivity contribution in [3.8, 4) is 5.75 Å². The number of hydrogen-bond donors (Lipinski definition) is 3. The van der Waals surface area contributed by atoms with E-state index in [2.05, 4.69) is 26.1 Å². The Hall–Kier alpha value is -2.87. The maximum Gasteiger partial charge on any atom is 0.256 e. The molecule has 1 fully saturated rings. The van der Waals surface area contributed by atoms with E-state index in [0.717, 1.165) is 29.7 Å². The number of carbonyl (C=O) groups excluding carboxylic acids is 3. The summed E-state index contributed by atoms with van der Waals surface area (Å²) in [6.07, 6.45) is 4.08. The van der Waals surface area contributed by atoms with Gasteiger partial charge in [0.05, 0.1) is 25.7 Å². The molecule has 188 valence electrons. The first kappa shape index (κ1) is 27.4. The normalized spacial score (nSPS) is 18.8. The largest absolute Gasteiger partial charge is 0.508 e. The van der Waals surface area contributed by atoms with Crippen LogP contribution < -0.4 is 5.32 Å². The molecule has 1 aromatic rings. The molecule has 0 aromatic heterocycles. The molecule has 2 rings (SSSR count). The second-order valence-corrected chi connectivity index (χ2v) is 9.99. The molecule has 8 nitrogen and oxygen atoms in total. The fourth-order valence-electron chi connectivity index (χ4n) is 3.95. The second kappa shape index (κ2) is 12.6. The summed E-state index contributed by atoms with van der Waals surface area (Å²) in [5.41, 5.74) is 1.05. The van der Waals surface area contributed by atoms with Crippen molar-refractivity contribution in [3.63, 3.8) is 0 Å². The number of amides is 3. The van der Waals surface area contributed by atoms with Crippen molar-refractivity contribution in [1.82, 2.24) is 10.2 Å². The lowest BCUT2D eigenvalue weighted by atomic mass is 9.89. The molecule has 0 bridgehead atoms. The molecular formula is C26H38N2O6. The number of rotatable bonds is 11. The molecule has 0 aliphatic carbocycles. The predicted molar refractivity (Wildman–Crippen MR) is 129 cm³/mol. The summed E-state index contributed by atoms with van der Waals surface area (Å²) >= 11 is 0. The van der Waals surface area contributed by atoms with Crippen LogP contribution >= 0.6 is 0 Å². The zero-order chi connectivity index (χ0) is 25.3. The van der Waals surface area contributed by atoms with Crippen molar-refractivity contribution >= 4 is 17.7 Å². The van der Waals surface area contributed by atoms with E-state index >= 15 is 0 Å². The van der Waals surface area contributed by atoms with E-state index in [-0.39, 0.29) is 29.9 Å². The lowest BCUT2D eigenvalue weighted by Crippen LogP contribution is -2.42.